The summed E-state index contributed by atoms with van der Waals surface area (Å²) in [6.45, 7) is 4.67. The second-order valence-electron chi connectivity index (χ2n) is 10.2. The van der Waals surface area contributed by atoms with Crippen molar-refractivity contribution in [3.63, 3.8) is 0 Å². The van der Waals surface area contributed by atoms with Gasteiger partial charge in [-0.2, -0.15) is 18.3 Å². The first-order valence-corrected chi connectivity index (χ1v) is 15.5. The minimum absolute atomic E-state index is 0.107. The van der Waals surface area contributed by atoms with Crippen LogP contribution in [0.5, 0.6) is 0 Å². The predicted molar refractivity (Wildman–Crippen MR) is 153 cm³/mol. The van der Waals surface area contributed by atoms with E-state index in [1.165, 1.54) is 24.1 Å². The molecule has 1 fully saturated rings. The molecule has 2 aromatic carbocycles. The molecule has 46 heavy (non-hydrogen) atoms. The molecule has 0 radical (unpaired) electrons. The highest BCUT2D eigenvalue weighted by molar-refractivity contribution is 7.90. The van der Waals surface area contributed by atoms with E-state index >= 15 is 0 Å². The van der Waals surface area contributed by atoms with E-state index in [9.17, 15) is 36.4 Å². The fourth-order valence-electron chi connectivity index (χ4n) is 4.44. The molecule has 1 saturated heterocycles. The summed E-state index contributed by atoms with van der Waals surface area (Å²) in [5.41, 5.74) is 0.518. The van der Waals surface area contributed by atoms with Crippen LogP contribution in [0, 0.1) is 12.1 Å². The first-order valence-electron chi connectivity index (χ1n) is 14.0. The summed E-state index contributed by atoms with van der Waals surface area (Å²) in [7, 11) is -4.45. The van der Waals surface area contributed by atoms with Crippen molar-refractivity contribution in [3.05, 3.63) is 71.1 Å². The molecule has 1 amide bonds. The average Bonchev–Trinajstić information content (AvgIpc) is 3.67. The van der Waals surface area contributed by atoms with E-state index in [1.54, 1.807) is 35.9 Å². The quantitative estimate of drug-likeness (QED) is 0.0980. The van der Waals surface area contributed by atoms with Crippen molar-refractivity contribution < 1.29 is 50.5 Å². The SMILES string of the molecule is CCC(=O)OC(C)O/N=[N+](\[O-])N1CCC[C@H]1COC(=O)NS(=O)(=O)c1ccc(-n2nc(C(F)(F)F)cc2-c2ccc(C)cc2)cc1. The Morgan fingerprint density at radius 2 is 1.85 bits per heavy atom. The zero-order valence-corrected chi connectivity index (χ0v) is 25.7. The van der Waals surface area contributed by atoms with Gasteiger partial charge in [0.1, 0.15) is 12.6 Å². The Kier molecular flexibility index (Phi) is 10.4. The molecule has 1 aliphatic rings. The number of carbonyl (C=O) groups excluding carboxylic acids is 2. The molecule has 248 valence electrons. The Hall–Kier alpha value is -4.87. The number of esters is 1. The molecule has 1 aliphatic heterocycles. The summed E-state index contributed by atoms with van der Waals surface area (Å²) in [6.07, 6.45) is -6.07. The number of aromatic nitrogens is 2. The topological polar surface area (TPSA) is 167 Å². The van der Waals surface area contributed by atoms with Crippen molar-refractivity contribution in [2.75, 3.05) is 13.2 Å². The molecule has 2 atom stereocenters. The van der Waals surface area contributed by atoms with Gasteiger partial charge in [-0.15, -0.1) is 5.01 Å². The Balaban J connectivity index is 1.40. The number of benzene rings is 2. The first-order chi connectivity index (χ1) is 21.7. The molecule has 0 spiro atoms. The predicted octanol–water partition coefficient (Wildman–Crippen LogP) is 4.85. The maximum atomic E-state index is 13.5. The van der Waals surface area contributed by atoms with Crippen LogP contribution in [0.15, 0.2) is 64.8 Å². The number of sulfonamides is 1. The van der Waals surface area contributed by atoms with Crippen LogP contribution in [0.4, 0.5) is 18.0 Å². The third kappa shape index (κ3) is 8.43. The van der Waals surface area contributed by atoms with E-state index in [1.807, 2.05) is 6.92 Å². The summed E-state index contributed by atoms with van der Waals surface area (Å²) < 4.78 is 78.9. The monoisotopic (exact) mass is 668 g/mol. The zero-order chi connectivity index (χ0) is 33.6. The molecule has 4 rings (SSSR count). The number of nitrogens with one attached hydrogen (secondary N) is 1. The standard InChI is InChI=1S/C28H31F3N6O8S/c1-4-26(38)44-19(3)45-34-37(40)35-15-5-6-22(35)17-43-27(39)33-46(41,42)23-13-11-21(12-14-23)36-24(16-25(32-36)28(29,30)31)20-9-7-18(2)8-10-20/h7-14,16,19,22H,4-6,15,17H2,1-3H3,(H,33,39)/b37-34-/t19?,22-/m0/s1. The molecule has 0 bridgehead atoms. The number of alkyl halides is 3. The second-order valence-corrected chi connectivity index (χ2v) is 11.9. The molecule has 2 heterocycles. The summed E-state index contributed by atoms with van der Waals surface area (Å²) in [5.74, 6) is -0.547. The van der Waals surface area contributed by atoms with Crippen LogP contribution in [-0.4, -0.2) is 65.7 Å². The number of halogens is 3. The number of hydrogen-bond donors (Lipinski definition) is 1. The van der Waals surface area contributed by atoms with Gasteiger partial charge in [0.2, 0.25) is 5.28 Å². The van der Waals surface area contributed by atoms with E-state index < -0.39 is 46.3 Å². The van der Waals surface area contributed by atoms with Crippen LogP contribution in [0.2, 0.25) is 0 Å². The lowest BCUT2D eigenvalue weighted by Crippen LogP contribution is -2.40. The molecule has 0 saturated carbocycles. The number of carbonyl (C=O) groups is 2. The average molecular weight is 669 g/mol. The third-order valence-corrected chi connectivity index (χ3v) is 8.11. The fourth-order valence-corrected chi connectivity index (χ4v) is 5.33. The number of hydrogen-bond acceptors (Lipinski definition) is 10. The Morgan fingerprint density at radius 1 is 1.17 bits per heavy atom. The lowest BCUT2D eigenvalue weighted by Gasteiger charge is -2.20. The van der Waals surface area contributed by atoms with Gasteiger partial charge < -0.3 is 14.7 Å². The maximum Gasteiger partial charge on any atom is 0.435 e. The van der Waals surface area contributed by atoms with Crippen molar-refractivity contribution in [1.29, 1.82) is 0 Å². The molecule has 14 nitrogen and oxygen atoms in total. The van der Waals surface area contributed by atoms with E-state index in [2.05, 4.69) is 10.4 Å². The second kappa shape index (κ2) is 14.1. The number of amides is 1. The molecule has 18 heteroatoms. The Bertz CT molecular complexity index is 1680. The van der Waals surface area contributed by atoms with Crippen molar-refractivity contribution in [2.24, 2.45) is 5.28 Å². The van der Waals surface area contributed by atoms with Crippen LogP contribution in [0.1, 0.15) is 44.4 Å². The molecule has 3 aromatic rings. The molecule has 1 aromatic heterocycles. The van der Waals surface area contributed by atoms with Gasteiger partial charge in [-0.05, 0) is 50.1 Å². The number of nitrogens with zero attached hydrogens (tertiary/aromatic N) is 5. The molecule has 1 unspecified atom stereocenters. The van der Waals surface area contributed by atoms with Gasteiger partial charge in [0.15, 0.2) is 5.69 Å². The number of ether oxygens (including phenoxy) is 2. The fraction of sp³-hybridized carbons (Fsp3) is 0.393. The summed E-state index contributed by atoms with van der Waals surface area (Å²) >= 11 is 0. The minimum atomic E-state index is -4.72. The number of aryl methyl sites for hydroxylation is 1. The van der Waals surface area contributed by atoms with Crippen LogP contribution in [0.25, 0.3) is 16.9 Å². The van der Waals surface area contributed by atoms with Gasteiger partial charge in [0.05, 0.1) is 27.8 Å². The highest BCUT2D eigenvalue weighted by Crippen LogP contribution is 2.33. The van der Waals surface area contributed by atoms with Crippen molar-refractivity contribution in [1.82, 2.24) is 19.5 Å². The van der Waals surface area contributed by atoms with Gasteiger partial charge in [0, 0.05) is 18.9 Å². The van der Waals surface area contributed by atoms with Crippen LogP contribution >= 0.6 is 0 Å². The Labute approximate surface area is 261 Å². The molecule has 0 aliphatic carbocycles. The third-order valence-electron chi connectivity index (χ3n) is 6.78. The van der Waals surface area contributed by atoms with E-state index in [0.29, 0.717) is 18.4 Å². The first kappa shape index (κ1) is 34.0. The van der Waals surface area contributed by atoms with Crippen molar-refractivity contribution in [2.45, 2.75) is 63.4 Å². The highest BCUT2D eigenvalue weighted by Gasteiger charge is 2.36. The summed E-state index contributed by atoms with van der Waals surface area (Å²) in [6, 6.07) is 11.7. The van der Waals surface area contributed by atoms with E-state index in [0.717, 1.165) is 28.4 Å². The largest absolute Gasteiger partial charge is 0.569 e. The summed E-state index contributed by atoms with van der Waals surface area (Å²) in [4.78, 5) is 28.3. The van der Waals surface area contributed by atoms with Crippen molar-refractivity contribution in [3.8, 4) is 16.9 Å². The van der Waals surface area contributed by atoms with E-state index in [4.69, 9.17) is 14.3 Å². The van der Waals surface area contributed by atoms with Gasteiger partial charge in [0.25, 0.3) is 16.3 Å². The normalized spacial score (nSPS) is 16.2. The van der Waals surface area contributed by atoms with Gasteiger partial charge in [-0.1, -0.05) is 36.8 Å². The van der Waals surface area contributed by atoms with Gasteiger partial charge >= 0.3 is 18.2 Å². The number of rotatable bonds is 11. The molecule has 1 N–H and O–H groups in total. The lowest BCUT2D eigenvalue weighted by molar-refractivity contribution is -0.716. The van der Waals surface area contributed by atoms with Crippen LogP contribution in [0.3, 0.4) is 0 Å². The summed E-state index contributed by atoms with van der Waals surface area (Å²) in [5, 5.41) is 20.6. The lowest BCUT2D eigenvalue weighted by atomic mass is 10.1. The molecular weight excluding hydrogens is 637 g/mol. The van der Waals surface area contributed by atoms with Crippen LogP contribution in [-0.2, 0) is 35.3 Å². The smallest absolute Gasteiger partial charge is 0.435 e. The van der Waals surface area contributed by atoms with Crippen molar-refractivity contribution >= 4 is 22.1 Å². The van der Waals surface area contributed by atoms with Crippen LogP contribution < -0.4 is 4.72 Å². The number of hydrazine groups is 1. The highest BCUT2D eigenvalue weighted by atomic mass is 32.2. The van der Waals surface area contributed by atoms with E-state index in [-0.39, 0.29) is 40.8 Å². The minimum Gasteiger partial charge on any atom is -0.569 e. The Morgan fingerprint density at radius 3 is 2.48 bits per heavy atom. The molecular formula is C28H31F3N6O8S. The maximum absolute atomic E-state index is 13.5. The zero-order valence-electron chi connectivity index (χ0n) is 24.9. The van der Waals surface area contributed by atoms with Gasteiger partial charge in [-0.25, -0.2) is 22.6 Å². The van der Waals surface area contributed by atoms with Gasteiger partial charge in [-0.3, -0.25) is 9.63 Å².